The molecule has 0 unspecified atom stereocenters. The van der Waals surface area contributed by atoms with E-state index in [4.69, 9.17) is 4.74 Å². The zero-order chi connectivity index (χ0) is 17.0. The highest BCUT2D eigenvalue weighted by Gasteiger charge is 2.46. The number of carbonyl (C=O) groups is 1. The highest BCUT2D eigenvalue weighted by atomic mass is 16.5. The van der Waals surface area contributed by atoms with E-state index in [1.54, 1.807) is 0 Å². The molecule has 0 spiro atoms. The number of aliphatic hydroxyl groups excluding tert-OH is 1. The largest absolute Gasteiger partial charge is 0.490 e. The number of benzene rings is 1. The van der Waals surface area contributed by atoms with Crippen LogP contribution in [0, 0.1) is 6.92 Å². The second-order valence-electron chi connectivity index (χ2n) is 7.20. The van der Waals surface area contributed by atoms with E-state index in [1.165, 1.54) is 19.3 Å². The van der Waals surface area contributed by atoms with Crippen LogP contribution in [0.2, 0.25) is 0 Å². The van der Waals surface area contributed by atoms with Gasteiger partial charge in [-0.25, -0.2) is 0 Å². The monoisotopic (exact) mass is 332 g/mol. The molecule has 3 rings (SSSR count). The van der Waals surface area contributed by atoms with Crippen LogP contribution >= 0.6 is 0 Å². The molecule has 24 heavy (non-hydrogen) atoms. The number of rotatable bonds is 7. The molecular formula is C19H28N2O3. The van der Waals surface area contributed by atoms with Crippen molar-refractivity contribution in [1.29, 1.82) is 0 Å². The Bertz CT molecular complexity index is 565. The molecule has 1 aliphatic carbocycles. The van der Waals surface area contributed by atoms with Crippen molar-refractivity contribution < 1.29 is 14.6 Å². The van der Waals surface area contributed by atoms with Crippen molar-refractivity contribution in [2.75, 3.05) is 26.2 Å². The van der Waals surface area contributed by atoms with Crippen LogP contribution in [0.15, 0.2) is 24.3 Å². The van der Waals surface area contributed by atoms with Gasteiger partial charge in [-0.1, -0.05) is 24.6 Å². The second kappa shape index (κ2) is 7.53. The predicted octanol–water partition coefficient (Wildman–Crippen LogP) is 1.87. The molecule has 1 aromatic rings. The van der Waals surface area contributed by atoms with Crippen molar-refractivity contribution in [3.05, 3.63) is 29.8 Å². The Morgan fingerprint density at radius 2 is 2.00 bits per heavy atom. The average molecular weight is 332 g/mol. The van der Waals surface area contributed by atoms with E-state index < -0.39 is 6.10 Å². The Kier molecular flexibility index (Phi) is 5.41. The fourth-order valence-electron chi connectivity index (χ4n) is 3.33. The molecule has 132 valence electrons. The first-order valence-corrected chi connectivity index (χ1v) is 8.99. The van der Waals surface area contributed by atoms with E-state index in [0.717, 1.165) is 38.0 Å². The summed E-state index contributed by atoms with van der Waals surface area (Å²) in [6, 6.07) is 7.60. The first-order valence-electron chi connectivity index (χ1n) is 8.99. The standard InChI is InChI=1S/C19H28N2O3/c1-15-7-3-4-8-17(15)24-13-16(22)18(23)20-19(9-10-19)14-21-11-5-2-6-12-21/h3-4,7-8,16,22H,2,5-6,9-14H2,1H3,(H,20,23)/t16-/m0/s1. The number of likely N-dealkylation sites (tertiary alicyclic amines) is 1. The first kappa shape index (κ1) is 17.2. The SMILES string of the molecule is Cc1ccccc1OC[C@H](O)C(=O)NC1(CN2CCCCC2)CC1. The van der Waals surface area contributed by atoms with Gasteiger partial charge in [0.25, 0.3) is 5.91 Å². The molecule has 5 heteroatoms. The molecule has 5 nitrogen and oxygen atoms in total. The van der Waals surface area contributed by atoms with Gasteiger partial charge in [-0.05, 0) is 57.3 Å². The highest BCUT2D eigenvalue weighted by molar-refractivity contribution is 5.81. The Labute approximate surface area is 144 Å². The zero-order valence-corrected chi connectivity index (χ0v) is 14.5. The molecule has 2 N–H and O–H groups in total. The smallest absolute Gasteiger partial charge is 0.252 e. The topological polar surface area (TPSA) is 61.8 Å². The fraction of sp³-hybridized carbons (Fsp3) is 0.632. The van der Waals surface area contributed by atoms with Gasteiger partial charge >= 0.3 is 0 Å². The minimum Gasteiger partial charge on any atom is -0.490 e. The van der Waals surface area contributed by atoms with Crippen LogP contribution in [0.25, 0.3) is 0 Å². The third-order valence-electron chi connectivity index (χ3n) is 5.01. The molecule has 1 saturated heterocycles. The number of hydrogen-bond donors (Lipinski definition) is 2. The van der Waals surface area contributed by atoms with Crippen molar-refractivity contribution in [1.82, 2.24) is 10.2 Å². The summed E-state index contributed by atoms with van der Waals surface area (Å²) in [6.07, 6.45) is 4.67. The second-order valence-corrected chi connectivity index (χ2v) is 7.20. The molecule has 0 bridgehead atoms. The maximum Gasteiger partial charge on any atom is 0.252 e. The molecule has 1 amide bonds. The molecule has 0 radical (unpaired) electrons. The van der Waals surface area contributed by atoms with Crippen molar-refractivity contribution in [2.45, 2.75) is 50.7 Å². The maximum atomic E-state index is 12.3. The molecule has 1 atom stereocenters. The van der Waals surface area contributed by atoms with E-state index in [0.29, 0.717) is 5.75 Å². The lowest BCUT2D eigenvalue weighted by Crippen LogP contribution is -2.51. The van der Waals surface area contributed by atoms with Crippen LogP contribution in [0.1, 0.15) is 37.7 Å². The van der Waals surface area contributed by atoms with E-state index in [1.807, 2.05) is 31.2 Å². The van der Waals surface area contributed by atoms with Gasteiger partial charge in [0.2, 0.25) is 0 Å². The van der Waals surface area contributed by atoms with Gasteiger partial charge in [0.15, 0.2) is 6.10 Å². The van der Waals surface area contributed by atoms with Gasteiger partial charge in [-0.2, -0.15) is 0 Å². The third-order valence-corrected chi connectivity index (χ3v) is 5.01. The summed E-state index contributed by atoms with van der Waals surface area (Å²) < 4.78 is 5.58. The van der Waals surface area contributed by atoms with Gasteiger partial charge in [0, 0.05) is 6.54 Å². The number of piperidine rings is 1. The number of amides is 1. The van der Waals surface area contributed by atoms with Gasteiger partial charge in [-0.3, -0.25) is 4.79 Å². The number of ether oxygens (including phenoxy) is 1. The number of para-hydroxylation sites is 1. The lowest BCUT2D eigenvalue weighted by atomic mass is 10.1. The Balaban J connectivity index is 1.46. The van der Waals surface area contributed by atoms with E-state index in [9.17, 15) is 9.90 Å². The van der Waals surface area contributed by atoms with Crippen molar-refractivity contribution in [2.24, 2.45) is 0 Å². The van der Waals surface area contributed by atoms with Crippen molar-refractivity contribution in [3.63, 3.8) is 0 Å². The molecule has 1 saturated carbocycles. The van der Waals surface area contributed by atoms with Crippen LogP contribution in [0.4, 0.5) is 0 Å². The highest BCUT2D eigenvalue weighted by Crippen LogP contribution is 2.36. The van der Waals surface area contributed by atoms with Gasteiger partial charge in [-0.15, -0.1) is 0 Å². The predicted molar refractivity (Wildman–Crippen MR) is 93.1 cm³/mol. The average Bonchev–Trinajstić information content (AvgIpc) is 3.33. The van der Waals surface area contributed by atoms with Crippen LogP contribution in [0.5, 0.6) is 5.75 Å². The number of aryl methyl sites for hydroxylation is 1. The number of nitrogens with one attached hydrogen (secondary N) is 1. The molecular weight excluding hydrogens is 304 g/mol. The fourth-order valence-corrected chi connectivity index (χ4v) is 3.33. The third kappa shape index (κ3) is 4.48. The summed E-state index contributed by atoms with van der Waals surface area (Å²) in [5, 5.41) is 13.2. The normalized spacial score (nSPS) is 21.1. The van der Waals surface area contributed by atoms with Gasteiger partial charge in [0.1, 0.15) is 12.4 Å². The van der Waals surface area contributed by atoms with Crippen LogP contribution in [-0.4, -0.2) is 53.8 Å². The van der Waals surface area contributed by atoms with Crippen molar-refractivity contribution >= 4 is 5.91 Å². The lowest BCUT2D eigenvalue weighted by Gasteiger charge is -2.31. The number of hydrogen-bond acceptors (Lipinski definition) is 4. The van der Waals surface area contributed by atoms with Gasteiger partial charge in [0.05, 0.1) is 5.54 Å². The summed E-state index contributed by atoms with van der Waals surface area (Å²) in [6.45, 7) is 5.08. The summed E-state index contributed by atoms with van der Waals surface area (Å²) in [4.78, 5) is 14.7. The number of aliphatic hydroxyl groups is 1. The summed E-state index contributed by atoms with van der Waals surface area (Å²) >= 11 is 0. The molecule has 1 heterocycles. The van der Waals surface area contributed by atoms with Crippen LogP contribution in [-0.2, 0) is 4.79 Å². The Morgan fingerprint density at radius 1 is 1.29 bits per heavy atom. The quantitative estimate of drug-likeness (QED) is 0.800. The summed E-state index contributed by atoms with van der Waals surface area (Å²) in [5.74, 6) is 0.386. The maximum absolute atomic E-state index is 12.3. The lowest BCUT2D eigenvalue weighted by molar-refractivity contribution is -0.132. The minimum atomic E-state index is -1.14. The van der Waals surface area contributed by atoms with Crippen molar-refractivity contribution in [3.8, 4) is 5.75 Å². The summed E-state index contributed by atoms with van der Waals surface area (Å²) in [7, 11) is 0. The molecule has 1 aromatic carbocycles. The zero-order valence-electron chi connectivity index (χ0n) is 14.5. The van der Waals surface area contributed by atoms with Crippen LogP contribution in [0.3, 0.4) is 0 Å². The molecule has 2 aliphatic rings. The minimum absolute atomic E-state index is 0.0174. The van der Waals surface area contributed by atoms with E-state index in [2.05, 4.69) is 10.2 Å². The summed E-state index contributed by atoms with van der Waals surface area (Å²) in [5.41, 5.74) is 0.867. The van der Waals surface area contributed by atoms with Gasteiger partial charge < -0.3 is 20.1 Å². The molecule has 2 fully saturated rings. The first-order chi connectivity index (χ1) is 11.6. The van der Waals surface area contributed by atoms with E-state index >= 15 is 0 Å². The Hall–Kier alpha value is -1.59. The number of carbonyl (C=O) groups excluding carboxylic acids is 1. The molecule has 1 aliphatic heterocycles. The molecule has 0 aromatic heterocycles. The van der Waals surface area contributed by atoms with Crippen LogP contribution < -0.4 is 10.1 Å². The number of nitrogens with zero attached hydrogens (tertiary/aromatic N) is 1. The van der Waals surface area contributed by atoms with E-state index in [-0.39, 0.29) is 18.1 Å². The Morgan fingerprint density at radius 3 is 2.67 bits per heavy atom.